The van der Waals surface area contributed by atoms with Crippen molar-refractivity contribution in [3.63, 3.8) is 0 Å². The van der Waals surface area contributed by atoms with Gasteiger partial charge in [-0.15, -0.1) is 0 Å². The third kappa shape index (κ3) is 5.09. The number of carbonyl (C=O) groups is 1. The molecule has 0 radical (unpaired) electrons. The van der Waals surface area contributed by atoms with Crippen molar-refractivity contribution < 1.29 is 4.79 Å². The number of halogens is 1. The van der Waals surface area contributed by atoms with Gasteiger partial charge in [-0.05, 0) is 26.3 Å². The summed E-state index contributed by atoms with van der Waals surface area (Å²) in [5.74, 6) is 2.88. The monoisotopic (exact) mass is 333 g/mol. The first-order chi connectivity index (χ1) is 7.27. The molecule has 0 aliphatic carbocycles. The molecule has 0 amide bonds. The molecule has 0 fully saturated rings. The molecule has 0 saturated heterocycles. The van der Waals surface area contributed by atoms with Crippen LogP contribution in [0.25, 0.3) is 0 Å². The smallest absolute Gasteiger partial charge is 0.150 e. The molecule has 2 nitrogen and oxygen atoms in total. The van der Waals surface area contributed by atoms with E-state index in [1.54, 1.807) is 18.2 Å². The molecule has 1 aromatic carbocycles. The number of anilines is 1. The van der Waals surface area contributed by atoms with E-state index in [9.17, 15) is 4.79 Å². The Kier molecular flexibility index (Phi) is 8.24. The van der Waals surface area contributed by atoms with Gasteiger partial charge in [-0.1, -0.05) is 25.8 Å². The standard InChI is InChI=1S/C9H6INOS.C2H6/c10-13-4-3-8-2-1-7(6-12)5-9(8)11;1-2/h1-2,5-6H,11H2;1-2H3. The lowest BCUT2D eigenvalue weighted by Crippen LogP contribution is -1.91. The molecule has 0 aliphatic rings. The van der Waals surface area contributed by atoms with Gasteiger partial charge < -0.3 is 5.73 Å². The molecule has 80 valence electrons. The van der Waals surface area contributed by atoms with Crippen molar-refractivity contribution in [3.8, 4) is 11.2 Å². The van der Waals surface area contributed by atoms with Gasteiger partial charge in [0.05, 0.1) is 0 Å². The predicted molar refractivity (Wildman–Crippen MR) is 76.1 cm³/mol. The van der Waals surface area contributed by atoms with E-state index in [0.717, 1.165) is 11.8 Å². The van der Waals surface area contributed by atoms with E-state index in [0.29, 0.717) is 11.3 Å². The van der Waals surface area contributed by atoms with Crippen LogP contribution >= 0.6 is 30.1 Å². The molecule has 1 aromatic rings. The second-order valence-corrected chi connectivity index (χ2v) is 3.95. The van der Waals surface area contributed by atoms with Crippen LogP contribution in [0.2, 0.25) is 0 Å². The normalized spacial score (nSPS) is 7.93. The Bertz CT molecular complexity index is 382. The maximum Gasteiger partial charge on any atom is 0.150 e. The Morgan fingerprint density at radius 1 is 1.47 bits per heavy atom. The minimum absolute atomic E-state index is 0.544. The van der Waals surface area contributed by atoms with E-state index in [1.807, 2.05) is 13.8 Å². The minimum atomic E-state index is 0.544. The highest BCUT2D eigenvalue weighted by Gasteiger charge is 1.96. The van der Waals surface area contributed by atoms with Crippen LogP contribution in [-0.4, -0.2) is 6.29 Å². The number of carbonyl (C=O) groups excluding carboxylic acids is 1. The molecule has 4 heteroatoms. The van der Waals surface area contributed by atoms with Gasteiger partial charge in [0.1, 0.15) is 6.29 Å². The molecule has 0 aromatic heterocycles. The molecule has 0 unspecified atom stereocenters. The average Bonchev–Trinajstić information content (AvgIpc) is 2.30. The lowest BCUT2D eigenvalue weighted by Gasteiger charge is -1.97. The first-order valence-electron chi connectivity index (χ1n) is 4.41. The van der Waals surface area contributed by atoms with Crippen molar-refractivity contribution in [1.82, 2.24) is 0 Å². The molecule has 1 rings (SSSR count). The molecule has 2 N–H and O–H groups in total. The SMILES string of the molecule is CC.Nc1cc(C=O)ccc1C#CSI. The van der Waals surface area contributed by atoms with E-state index in [1.165, 1.54) is 8.93 Å². The molecule has 0 bridgehead atoms. The number of nitrogens with two attached hydrogens (primary N) is 1. The maximum absolute atomic E-state index is 10.4. The molecule has 15 heavy (non-hydrogen) atoms. The fourth-order valence-electron chi connectivity index (χ4n) is 0.843. The topological polar surface area (TPSA) is 43.1 Å². The molecular formula is C11H12INOS. The van der Waals surface area contributed by atoms with E-state index in [4.69, 9.17) is 5.73 Å². The largest absolute Gasteiger partial charge is 0.398 e. The zero-order chi connectivity index (χ0) is 11.7. The van der Waals surface area contributed by atoms with Crippen LogP contribution in [-0.2, 0) is 0 Å². The summed E-state index contributed by atoms with van der Waals surface area (Å²) in [6, 6.07) is 5.07. The second-order valence-electron chi connectivity index (χ2n) is 2.27. The lowest BCUT2D eigenvalue weighted by molar-refractivity contribution is 0.112. The van der Waals surface area contributed by atoms with Crippen molar-refractivity contribution in [2.45, 2.75) is 13.8 Å². The summed E-state index contributed by atoms with van der Waals surface area (Å²) < 4.78 is 0. The predicted octanol–water partition coefficient (Wildman–Crippen LogP) is 3.50. The van der Waals surface area contributed by atoms with Crippen LogP contribution in [0.3, 0.4) is 0 Å². The Morgan fingerprint density at radius 2 is 2.13 bits per heavy atom. The van der Waals surface area contributed by atoms with Gasteiger partial charge in [0, 0.05) is 38.0 Å². The number of nitrogen functional groups attached to an aromatic ring is 1. The van der Waals surface area contributed by atoms with Crippen molar-refractivity contribution in [1.29, 1.82) is 0 Å². The summed E-state index contributed by atoms with van der Waals surface area (Å²) in [6.07, 6.45) is 0.765. The summed E-state index contributed by atoms with van der Waals surface area (Å²) in [6.45, 7) is 4.00. The van der Waals surface area contributed by atoms with Gasteiger partial charge in [-0.3, -0.25) is 4.79 Å². The van der Waals surface area contributed by atoms with Crippen LogP contribution in [0.15, 0.2) is 18.2 Å². The van der Waals surface area contributed by atoms with Crippen LogP contribution in [0.5, 0.6) is 0 Å². The molecule has 0 aliphatic heterocycles. The molecule has 0 spiro atoms. The van der Waals surface area contributed by atoms with E-state index >= 15 is 0 Å². The highest BCUT2D eigenvalue weighted by Crippen LogP contribution is 2.13. The molecule has 0 atom stereocenters. The Hall–Kier alpha value is -0.670. The Labute approximate surface area is 107 Å². The fourth-order valence-corrected chi connectivity index (χ4v) is 1.32. The summed E-state index contributed by atoms with van der Waals surface area (Å²) in [4.78, 5) is 10.4. The number of aldehydes is 1. The molecule has 0 saturated carbocycles. The fraction of sp³-hybridized carbons (Fsp3) is 0.182. The molecule has 0 heterocycles. The van der Waals surface area contributed by atoms with Gasteiger partial charge in [0.15, 0.2) is 0 Å². The molecular weight excluding hydrogens is 321 g/mol. The average molecular weight is 333 g/mol. The highest BCUT2D eigenvalue weighted by atomic mass is 127. The summed E-state index contributed by atoms with van der Waals surface area (Å²) in [5.41, 5.74) is 7.54. The van der Waals surface area contributed by atoms with Crippen molar-refractivity contribution in [3.05, 3.63) is 29.3 Å². The zero-order valence-corrected chi connectivity index (χ0v) is 11.6. The van der Waals surface area contributed by atoms with Gasteiger partial charge in [-0.25, -0.2) is 0 Å². The number of rotatable bonds is 1. The van der Waals surface area contributed by atoms with Gasteiger partial charge >= 0.3 is 0 Å². The Balaban J connectivity index is 0.000000921. The third-order valence-corrected chi connectivity index (χ3v) is 2.28. The summed E-state index contributed by atoms with van der Waals surface area (Å²) >= 11 is 2.09. The van der Waals surface area contributed by atoms with Crippen LogP contribution in [0.4, 0.5) is 5.69 Å². The quantitative estimate of drug-likeness (QED) is 0.370. The maximum atomic E-state index is 10.4. The zero-order valence-electron chi connectivity index (χ0n) is 8.58. The van der Waals surface area contributed by atoms with E-state index in [-0.39, 0.29) is 0 Å². The minimum Gasteiger partial charge on any atom is -0.398 e. The van der Waals surface area contributed by atoms with Crippen LogP contribution in [0.1, 0.15) is 29.8 Å². The lowest BCUT2D eigenvalue weighted by atomic mass is 10.1. The summed E-state index contributed by atoms with van der Waals surface area (Å²) in [5, 5.41) is 2.83. The summed E-state index contributed by atoms with van der Waals surface area (Å²) in [7, 11) is 1.40. The van der Waals surface area contributed by atoms with E-state index in [2.05, 4.69) is 32.4 Å². The van der Waals surface area contributed by atoms with Crippen LogP contribution in [0, 0.1) is 11.2 Å². The van der Waals surface area contributed by atoms with E-state index < -0.39 is 0 Å². The van der Waals surface area contributed by atoms with Gasteiger partial charge in [-0.2, -0.15) is 0 Å². The number of hydrogen-bond acceptors (Lipinski definition) is 3. The second kappa shape index (κ2) is 8.62. The van der Waals surface area contributed by atoms with Crippen molar-refractivity contribution in [2.75, 3.05) is 5.73 Å². The number of hydrogen-bond donors (Lipinski definition) is 1. The Morgan fingerprint density at radius 3 is 2.60 bits per heavy atom. The van der Waals surface area contributed by atoms with Crippen molar-refractivity contribution in [2.24, 2.45) is 0 Å². The number of benzene rings is 1. The highest BCUT2D eigenvalue weighted by molar-refractivity contribution is 14.2. The van der Waals surface area contributed by atoms with Gasteiger partial charge in [0.25, 0.3) is 0 Å². The third-order valence-electron chi connectivity index (χ3n) is 1.44. The van der Waals surface area contributed by atoms with Crippen molar-refractivity contribution >= 4 is 42.1 Å². The first kappa shape index (κ1) is 14.3. The van der Waals surface area contributed by atoms with Crippen LogP contribution < -0.4 is 5.73 Å². The van der Waals surface area contributed by atoms with Gasteiger partial charge in [0.2, 0.25) is 0 Å². The first-order valence-corrected chi connectivity index (χ1v) is 7.77.